The number of methoxy groups -OCH3 is 1. The summed E-state index contributed by atoms with van der Waals surface area (Å²) < 4.78 is 5.23. The van der Waals surface area contributed by atoms with Gasteiger partial charge in [-0.3, -0.25) is 4.79 Å². The highest BCUT2D eigenvalue weighted by molar-refractivity contribution is 7.09. The Morgan fingerprint density at radius 1 is 1.32 bits per heavy atom. The van der Waals surface area contributed by atoms with Gasteiger partial charge in [0, 0.05) is 17.5 Å². The summed E-state index contributed by atoms with van der Waals surface area (Å²) in [6.07, 6.45) is 3.71. The van der Waals surface area contributed by atoms with Gasteiger partial charge in [0.25, 0.3) is 0 Å². The van der Waals surface area contributed by atoms with Gasteiger partial charge in [0.05, 0.1) is 13.5 Å². The molecule has 1 aliphatic rings. The minimum Gasteiger partial charge on any atom is -0.497 e. The lowest BCUT2D eigenvalue weighted by molar-refractivity contribution is -0.131. The fraction of sp³-hybridized carbons (Fsp3) is 0.389. The number of hydrogen-bond acceptors (Lipinski definition) is 3. The molecule has 3 rings (SSSR count). The molecule has 0 aliphatic heterocycles. The maximum absolute atomic E-state index is 12.6. The molecule has 1 aromatic carbocycles. The standard InChI is InChI=1S/C18H21NO2S/c1-21-16-5-2-4-14(12-16)13-18(20)19(15-7-8-15)10-9-17-6-3-11-22-17/h2-6,11-12,15H,7-10,13H2,1H3. The quantitative estimate of drug-likeness (QED) is 0.782. The Hall–Kier alpha value is -1.81. The van der Waals surface area contributed by atoms with Crippen molar-refractivity contribution in [2.75, 3.05) is 13.7 Å². The molecule has 1 amide bonds. The molecular weight excluding hydrogens is 294 g/mol. The van der Waals surface area contributed by atoms with Gasteiger partial charge in [-0.1, -0.05) is 18.2 Å². The van der Waals surface area contributed by atoms with Crippen molar-refractivity contribution in [1.29, 1.82) is 0 Å². The first-order valence-corrected chi connectivity index (χ1v) is 8.59. The summed E-state index contributed by atoms with van der Waals surface area (Å²) in [6.45, 7) is 0.827. The van der Waals surface area contributed by atoms with Crippen molar-refractivity contribution >= 4 is 17.2 Å². The monoisotopic (exact) mass is 315 g/mol. The molecule has 0 radical (unpaired) electrons. The SMILES string of the molecule is COc1cccc(CC(=O)N(CCc2cccs2)C2CC2)c1. The number of carbonyl (C=O) groups is 1. The van der Waals surface area contributed by atoms with Crippen LogP contribution in [0.3, 0.4) is 0 Å². The number of amides is 1. The van der Waals surface area contributed by atoms with E-state index in [1.54, 1.807) is 18.4 Å². The highest BCUT2D eigenvalue weighted by Crippen LogP contribution is 2.28. The molecule has 4 heteroatoms. The molecule has 0 saturated heterocycles. The normalized spacial score (nSPS) is 13.9. The number of rotatable bonds is 7. The Balaban J connectivity index is 1.62. The van der Waals surface area contributed by atoms with Gasteiger partial charge in [0.15, 0.2) is 0 Å². The van der Waals surface area contributed by atoms with Crippen molar-refractivity contribution in [1.82, 2.24) is 4.90 Å². The average Bonchev–Trinajstić information content (AvgIpc) is 3.23. The Labute approximate surface area is 135 Å². The summed E-state index contributed by atoms with van der Waals surface area (Å²) >= 11 is 1.76. The summed E-state index contributed by atoms with van der Waals surface area (Å²) in [4.78, 5) is 16.1. The number of nitrogens with zero attached hydrogens (tertiary/aromatic N) is 1. The number of benzene rings is 1. The van der Waals surface area contributed by atoms with Crippen LogP contribution in [0.2, 0.25) is 0 Å². The second kappa shape index (κ2) is 6.97. The van der Waals surface area contributed by atoms with Gasteiger partial charge in [-0.15, -0.1) is 11.3 Å². The molecule has 3 nitrogen and oxygen atoms in total. The van der Waals surface area contributed by atoms with E-state index in [4.69, 9.17) is 4.74 Å². The predicted octanol–water partition coefficient (Wildman–Crippen LogP) is 3.53. The molecule has 0 atom stereocenters. The van der Waals surface area contributed by atoms with Crippen molar-refractivity contribution < 1.29 is 9.53 Å². The maximum atomic E-state index is 12.6. The van der Waals surface area contributed by atoms with E-state index in [0.29, 0.717) is 12.5 Å². The largest absolute Gasteiger partial charge is 0.497 e. The van der Waals surface area contributed by atoms with Gasteiger partial charge < -0.3 is 9.64 Å². The fourth-order valence-corrected chi connectivity index (χ4v) is 3.34. The predicted molar refractivity (Wildman–Crippen MR) is 89.5 cm³/mol. The lowest BCUT2D eigenvalue weighted by atomic mass is 10.1. The van der Waals surface area contributed by atoms with Gasteiger partial charge in [0.2, 0.25) is 5.91 Å². The molecule has 0 spiro atoms. The van der Waals surface area contributed by atoms with Crippen LogP contribution in [0.4, 0.5) is 0 Å². The van der Waals surface area contributed by atoms with Gasteiger partial charge >= 0.3 is 0 Å². The van der Waals surface area contributed by atoms with E-state index in [1.165, 1.54) is 4.88 Å². The van der Waals surface area contributed by atoms with E-state index in [0.717, 1.165) is 37.1 Å². The number of thiophene rings is 1. The summed E-state index contributed by atoms with van der Waals surface area (Å²) in [5, 5.41) is 2.09. The van der Waals surface area contributed by atoms with Crippen molar-refractivity contribution in [2.24, 2.45) is 0 Å². The van der Waals surface area contributed by atoms with E-state index in [9.17, 15) is 4.79 Å². The Bertz CT molecular complexity index is 620. The summed E-state index contributed by atoms with van der Waals surface area (Å²) in [6, 6.07) is 12.4. The smallest absolute Gasteiger partial charge is 0.227 e. The minimum absolute atomic E-state index is 0.229. The molecule has 1 fully saturated rings. The van der Waals surface area contributed by atoms with Crippen LogP contribution in [-0.2, 0) is 17.6 Å². The molecule has 0 N–H and O–H groups in total. The summed E-state index contributed by atoms with van der Waals surface area (Å²) in [5.41, 5.74) is 1.02. The Morgan fingerprint density at radius 2 is 2.18 bits per heavy atom. The highest BCUT2D eigenvalue weighted by atomic mass is 32.1. The summed E-state index contributed by atoms with van der Waals surface area (Å²) in [5.74, 6) is 1.04. The third kappa shape index (κ3) is 3.89. The van der Waals surface area contributed by atoms with E-state index in [1.807, 2.05) is 24.3 Å². The molecule has 0 unspecified atom stereocenters. The topological polar surface area (TPSA) is 29.5 Å². The Kier molecular flexibility index (Phi) is 4.78. The van der Waals surface area contributed by atoms with Crippen molar-refractivity contribution in [3.05, 3.63) is 52.2 Å². The molecule has 116 valence electrons. The van der Waals surface area contributed by atoms with Crippen molar-refractivity contribution in [3.63, 3.8) is 0 Å². The van der Waals surface area contributed by atoms with Gasteiger partial charge in [-0.05, 0) is 48.4 Å². The first kappa shape index (κ1) is 15.1. The van der Waals surface area contributed by atoms with Gasteiger partial charge in [-0.2, -0.15) is 0 Å². The second-order valence-corrected chi connectivity index (χ2v) is 6.71. The van der Waals surface area contributed by atoms with Crippen molar-refractivity contribution in [3.8, 4) is 5.75 Å². The number of carbonyl (C=O) groups excluding carboxylic acids is 1. The van der Waals surface area contributed by atoms with Gasteiger partial charge in [-0.25, -0.2) is 0 Å². The zero-order valence-electron chi connectivity index (χ0n) is 12.8. The highest BCUT2D eigenvalue weighted by Gasteiger charge is 2.32. The number of hydrogen-bond donors (Lipinski definition) is 0. The zero-order valence-corrected chi connectivity index (χ0v) is 13.6. The Morgan fingerprint density at radius 3 is 2.86 bits per heavy atom. The molecular formula is C18H21NO2S. The summed E-state index contributed by atoms with van der Waals surface area (Å²) in [7, 11) is 1.65. The molecule has 22 heavy (non-hydrogen) atoms. The van der Waals surface area contributed by atoms with Crippen LogP contribution in [0.5, 0.6) is 5.75 Å². The molecule has 1 aromatic heterocycles. The lowest BCUT2D eigenvalue weighted by Gasteiger charge is -2.22. The molecule has 1 saturated carbocycles. The second-order valence-electron chi connectivity index (χ2n) is 5.68. The molecule has 2 aromatic rings. The lowest BCUT2D eigenvalue weighted by Crippen LogP contribution is -2.35. The van der Waals surface area contributed by atoms with Crippen LogP contribution in [0.15, 0.2) is 41.8 Å². The molecule has 0 bridgehead atoms. The average molecular weight is 315 g/mol. The van der Waals surface area contributed by atoms with E-state index in [2.05, 4.69) is 22.4 Å². The van der Waals surface area contributed by atoms with Crippen LogP contribution < -0.4 is 4.74 Å². The fourth-order valence-electron chi connectivity index (χ4n) is 2.64. The van der Waals surface area contributed by atoms with Crippen LogP contribution in [-0.4, -0.2) is 30.5 Å². The maximum Gasteiger partial charge on any atom is 0.227 e. The van der Waals surface area contributed by atoms with E-state index >= 15 is 0 Å². The van der Waals surface area contributed by atoms with E-state index < -0.39 is 0 Å². The third-order valence-electron chi connectivity index (χ3n) is 3.98. The first-order chi connectivity index (χ1) is 10.8. The van der Waals surface area contributed by atoms with E-state index in [-0.39, 0.29) is 5.91 Å². The first-order valence-electron chi connectivity index (χ1n) is 7.71. The minimum atomic E-state index is 0.229. The molecule has 1 heterocycles. The van der Waals surface area contributed by atoms with Crippen molar-refractivity contribution in [2.45, 2.75) is 31.7 Å². The van der Waals surface area contributed by atoms with Crippen LogP contribution in [0.25, 0.3) is 0 Å². The number of ether oxygens (including phenoxy) is 1. The molecule has 1 aliphatic carbocycles. The van der Waals surface area contributed by atoms with Crippen LogP contribution >= 0.6 is 11.3 Å². The zero-order chi connectivity index (χ0) is 15.4. The van der Waals surface area contributed by atoms with Gasteiger partial charge in [0.1, 0.15) is 5.75 Å². The van der Waals surface area contributed by atoms with Crippen LogP contribution in [0, 0.1) is 0 Å². The third-order valence-corrected chi connectivity index (χ3v) is 4.91. The van der Waals surface area contributed by atoms with Crippen LogP contribution in [0.1, 0.15) is 23.3 Å².